The lowest BCUT2D eigenvalue weighted by atomic mass is 10.1. The lowest BCUT2D eigenvalue weighted by Gasteiger charge is -2.24. The van der Waals surface area contributed by atoms with Gasteiger partial charge in [-0.25, -0.2) is 0 Å². The van der Waals surface area contributed by atoms with Gasteiger partial charge in [0, 0.05) is 29.0 Å². The molecule has 1 aliphatic heterocycles. The van der Waals surface area contributed by atoms with Gasteiger partial charge in [0.2, 0.25) is 0 Å². The summed E-state index contributed by atoms with van der Waals surface area (Å²) in [6.45, 7) is 2.76. The molecular weight excluding hydrogens is 422 g/mol. The van der Waals surface area contributed by atoms with Gasteiger partial charge in [0.1, 0.15) is 12.4 Å². The number of nitrogens with zero attached hydrogens (tertiary/aromatic N) is 1. The average molecular weight is 450 g/mol. The molecule has 0 spiro atoms. The quantitative estimate of drug-likeness (QED) is 0.349. The van der Waals surface area contributed by atoms with Crippen molar-refractivity contribution in [1.82, 2.24) is 14.9 Å². The third-order valence-corrected chi connectivity index (χ3v) is 6.81. The maximum absolute atomic E-state index is 12.7. The fourth-order valence-corrected chi connectivity index (χ4v) is 5.00. The number of H-pyrrole nitrogens is 2. The normalized spacial score (nSPS) is 16.4. The first-order valence-corrected chi connectivity index (χ1v) is 11.9. The van der Waals surface area contributed by atoms with E-state index >= 15 is 0 Å². The van der Waals surface area contributed by atoms with Crippen LogP contribution in [0.5, 0.6) is 5.75 Å². The van der Waals surface area contributed by atoms with E-state index in [9.17, 15) is 4.79 Å². The highest BCUT2D eigenvalue weighted by atomic mass is 16.5. The Hall–Kier alpha value is -3.83. The number of rotatable bonds is 6. The fraction of sp³-hybridized carbons (Fsp3) is 0.207. The van der Waals surface area contributed by atoms with Gasteiger partial charge in [-0.1, -0.05) is 48.5 Å². The van der Waals surface area contributed by atoms with Gasteiger partial charge in [-0.05, 0) is 66.7 Å². The lowest BCUT2D eigenvalue weighted by Crippen LogP contribution is -2.33. The lowest BCUT2D eigenvalue weighted by molar-refractivity contribution is 0.167. The molecule has 34 heavy (non-hydrogen) atoms. The molecule has 0 aliphatic carbocycles. The Morgan fingerprint density at radius 2 is 1.68 bits per heavy atom. The predicted molar refractivity (Wildman–Crippen MR) is 137 cm³/mol. The maximum atomic E-state index is 12.7. The molecule has 0 saturated carbocycles. The molecule has 5 nitrogen and oxygen atoms in total. The van der Waals surface area contributed by atoms with Crippen LogP contribution in [0.4, 0.5) is 0 Å². The van der Waals surface area contributed by atoms with Crippen LogP contribution in [-0.4, -0.2) is 34.1 Å². The van der Waals surface area contributed by atoms with Gasteiger partial charge in [-0.3, -0.25) is 9.69 Å². The number of aromatic amines is 2. The van der Waals surface area contributed by atoms with Gasteiger partial charge < -0.3 is 14.7 Å². The summed E-state index contributed by atoms with van der Waals surface area (Å²) >= 11 is 0. The van der Waals surface area contributed by atoms with E-state index in [4.69, 9.17) is 4.74 Å². The third-order valence-electron chi connectivity index (χ3n) is 6.81. The zero-order chi connectivity index (χ0) is 22.9. The Balaban J connectivity index is 1.20. The van der Waals surface area contributed by atoms with Gasteiger partial charge >= 0.3 is 0 Å². The van der Waals surface area contributed by atoms with Crippen molar-refractivity contribution in [2.24, 2.45) is 0 Å². The van der Waals surface area contributed by atoms with Crippen LogP contribution >= 0.6 is 0 Å². The molecule has 2 N–H and O–H groups in total. The topological polar surface area (TPSA) is 61.1 Å². The largest absolute Gasteiger partial charge is 0.492 e. The SMILES string of the molecule is O=c1[nH]c2ccccc2cc1-c1cc2cc(OC[C@@H]3CCCN3Cc3ccccc3)ccc2[nH]1. The van der Waals surface area contributed by atoms with Crippen molar-refractivity contribution in [2.45, 2.75) is 25.4 Å². The second-order valence-corrected chi connectivity index (χ2v) is 9.09. The summed E-state index contributed by atoms with van der Waals surface area (Å²) in [5, 5.41) is 2.05. The van der Waals surface area contributed by atoms with Crippen LogP contribution in [0.3, 0.4) is 0 Å². The Kier molecular flexibility index (Phi) is 5.40. The number of para-hydroxylation sites is 1. The van der Waals surface area contributed by atoms with Crippen LogP contribution in [0.2, 0.25) is 0 Å². The summed E-state index contributed by atoms with van der Waals surface area (Å²) in [4.78, 5) is 21.6. The summed E-state index contributed by atoms with van der Waals surface area (Å²) < 4.78 is 6.24. The number of pyridine rings is 1. The van der Waals surface area contributed by atoms with Crippen molar-refractivity contribution in [3.63, 3.8) is 0 Å². The molecule has 3 heterocycles. The van der Waals surface area contributed by atoms with Crippen LogP contribution in [0.1, 0.15) is 18.4 Å². The van der Waals surface area contributed by atoms with E-state index in [2.05, 4.69) is 51.3 Å². The zero-order valence-corrected chi connectivity index (χ0v) is 19.0. The minimum atomic E-state index is -0.0959. The van der Waals surface area contributed by atoms with E-state index in [0.717, 1.165) is 52.8 Å². The van der Waals surface area contributed by atoms with E-state index in [-0.39, 0.29) is 5.56 Å². The van der Waals surface area contributed by atoms with E-state index in [0.29, 0.717) is 18.2 Å². The van der Waals surface area contributed by atoms with Crippen molar-refractivity contribution < 1.29 is 4.74 Å². The molecule has 1 fully saturated rings. The zero-order valence-electron chi connectivity index (χ0n) is 19.0. The maximum Gasteiger partial charge on any atom is 0.257 e. The van der Waals surface area contributed by atoms with Gasteiger partial charge in [0.15, 0.2) is 0 Å². The molecule has 1 aliphatic rings. The van der Waals surface area contributed by atoms with Crippen LogP contribution in [0, 0.1) is 0 Å². The Bertz CT molecular complexity index is 1500. The standard InChI is InChI=1S/C29H27N3O2/c33-29-25(16-21-9-4-5-11-26(21)31-29)28-17-22-15-24(12-13-27(22)30-28)34-19-23-10-6-14-32(23)18-20-7-2-1-3-8-20/h1-5,7-9,11-13,15-17,23,30H,6,10,14,18-19H2,(H,31,33)/t23-/m0/s1. The van der Waals surface area contributed by atoms with Crippen molar-refractivity contribution in [2.75, 3.05) is 13.2 Å². The Labute approximate surface area is 198 Å². The molecular formula is C29H27N3O2. The fourth-order valence-electron chi connectivity index (χ4n) is 5.00. The molecule has 0 radical (unpaired) electrons. The Morgan fingerprint density at radius 3 is 2.59 bits per heavy atom. The highest BCUT2D eigenvalue weighted by Crippen LogP contribution is 2.28. The molecule has 2 aromatic heterocycles. The van der Waals surface area contributed by atoms with Gasteiger partial charge in [-0.15, -0.1) is 0 Å². The number of hydrogen-bond donors (Lipinski definition) is 2. The minimum Gasteiger partial charge on any atom is -0.492 e. The smallest absolute Gasteiger partial charge is 0.257 e. The molecule has 170 valence electrons. The van der Waals surface area contributed by atoms with Crippen molar-refractivity contribution >= 4 is 21.8 Å². The Morgan fingerprint density at radius 1 is 0.853 bits per heavy atom. The number of nitrogens with one attached hydrogen (secondary N) is 2. The molecule has 1 atom stereocenters. The third kappa shape index (κ3) is 4.11. The monoisotopic (exact) mass is 449 g/mol. The number of likely N-dealkylation sites (tertiary alicyclic amines) is 1. The number of aromatic nitrogens is 2. The molecule has 0 amide bonds. The summed E-state index contributed by atoms with van der Waals surface area (Å²) in [5.74, 6) is 0.858. The molecule has 0 bridgehead atoms. The molecule has 1 saturated heterocycles. The number of ether oxygens (including phenoxy) is 1. The van der Waals surface area contributed by atoms with Crippen LogP contribution in [0.15, 0.2) is 89.7 Å². The highest BCUT2D eigenvalue weighted by Gasteiger charge is 2.25. The second kappa shape index (κ2) is 8.84. The first-order chi connectivity index (χ1) is 16.7. The number of benzene rings is 3. The first kappa shape index (κ1) is 20.8. The van der Waals surface area contributed by atoms with E-state index in [1.54, 1.807) is 0 Å². The average Bonchev–Trinajstić information content (AvgIpc) is 3.49. The van der Waals surface area contributed by atoms with Gasteiger partial charge in [0.05, 0.1) is 11.3 Å². The van der Waals surface area contributed by atoms with E-state index < -0.39 is 0 Å². The molecule has 3 aromatic carbocycles. The number of fused-ring (bicyclic) bond motifs is 2. The van der Waals surface area contributed by atoms with Crippen LogP contribution in [0.25, 0.3) is 33.1 Å². The van der Waals surface area contributed by atoms with Crippen molar-refractivity contribution in [3.05, 3.63) is 101 Å². The van der Waals surface area contributed by atoms with Gasteiger partial charge in [0.25, 0.3) is 5.56 Å². The van der Waals surface area contributed by atoms with Gasteiger partial charge in [-0.2, -0.15) is 0 Å². The molecule has 0 unspecified atom stereocenters. The summed E-state index contributed by atoms with van der Waals surface area (Å²) in [5.41, 5.74) is 4.53. The van der Waals surface area contributed by atoms with Crippen LogP contribution < -0.4 is 10.3 Å². The molecule has 5 heteroatoms. The predicted octanol–water partition coefficient (Wildman–Crippen LogP) is 5.72. The molecule has 6 rings (SSSR count). The number of hydrogen-bond acceptors (Lipinski definition) is 3. The minimum absolute atomic E-state index is 0.0959. The van der Waals surface area contributed by atoms with E-state index in [1.807, 2.05) is 48.5 Å². The summed E-state index contributed by atoms with van der Waals surface area (Å²) in [7, 11) is 0. The van der Waals surface area contributed by atoms with Crippen molar-refractivity contribution in [3.8, 4) is 17.0 Å². The van der Waals surface area contributed by atoms with E-state index in [1.165, 1.54) is 12.0 Å². The summed E-state index contributed by atoms with van der Waals surface area (Å²) in [6, 6.07) is 28.9. The van der Waals surface area contributed by atoms with Crippen LogP contribution in [-0.2, 0) is 6.54 Å². The second-order valence-electron chi connectivity index (χ2n) is 9.09. The first-order valence-electron chi connectivity index (χ1n) is 11.9. The summed E-state index contributed by atoms with van der Waals surface area (Å²) in [6.07, 6.45) is 2.37. The van der Waals surface area contributed by atoms with Crippen molar-refractivity contribution in [1.29, 1.82) is 0 Å². The highest BCUT2D eigenvalue weighted by molar-refractivity contribution is 5.89. The molecule has 5 aromatic rings.